The van der Waals surface area contributed by atoms with Crippen LogP contribution in [0.4, 0.5) is 0 Å². The molecule has 0 bridgehead atoms. The minimum atomic E-state index is -2.11. The van der Waals surface area contributed by atoms with E-state index < -0.39 is 6.85 Å². The molecule has 0 aliphatic rings. The zero-order valence-electron chi connectivity index (χ0n) is 8.38. The maximum atomic E-state index is 7.07. The Morgan fingerprint density at radius 1 is 1.56 bits per heavy atom. The lowest BCUT2D eigenvalue weighted by Gasteiger charge is -1.92. The van der Waals surface area contributed by atoms with Crippen molar-refractivity contribution in [3.63, 3.8) is 0 Å². The molecule has 0 amide bonds. The van der Waals surface area contributed by atoms with Gasteiger partial charge in [-0.3, -0.25) is 0 Å². The van der Waals surface area contributed by atoms with Crippen LogP contribution in [-0.4, -0.2) is 10.2 Å². The topological polar surface area (TPSA) is 25.8 Å². The molecule has 2 nitrogen and oxygen atoms in total. The van der Waals surface area contributed by atoms with Crippen molar-refractivity contribution in [1.29, 1.82) is 0 Å². The Morgan fingerprint density at radius 3 is 2.67 bits per heavy atom. The summed E-state index contributed by atoms with van der Waals surface area (Å²) >= 11 is 1.16. The highest BCUT2D eigenvalue weighted by molar-refractivity contribution is 7.11. The van der Waals surface area contributed by atoms with Crippen LogP contribution in [0.3, 0.4) is 0 Å². The summed E-state index contributed by atoms with van der Waals surface area (Å²) < 4.78 is 21.2. The molecule has 0 radical (unpaired) electrons. The number of hydrogen-bond donors (Lipinski definition) is 0. The summed E-state index contributed by atoms with van der Waals surface area (Å²) in [7, 11) is 0. The van der Waals surface area contributed by atoms with Crippen LogP contribution in [0.1, 0.15) is 33.9 Å². The van der Waals surface area contributed by atoms with E-state index in [0.29, 0.717) is 0 Å². The highest BCUT2D eigenvalue weighted by Crippen LogP contribution is 2.17. The van der Waals surface area contributed by atoms with Crippen LogP contribution in [0.2, 0.25) is 0 Å². The molecule has 0 atom stereocenters. The second kappa shape index (κ2) is 2.43. The predicted octanol–water partition coefficient (Wildman–Crippen LogP) is 1.97. The van der Waals surface area contributed by atoms with Crippen molar-refractivity contribution in [3.8, 4) is 0 Å². The van der Waals surface area contributed by atoms with Gasteiger partial charge in [-0.1, -0.05) is 13.8 Å². The van der Waals surface area contributed by atoms with E-state index in [9.17, 15) is 0 Å². The fraction of sp³-hybridized carbons (Fsp3) is 0.667. The first kappa shape index (κ1) is 3.66. The average molecular weight is 145 g/mol. The van der Waals surface area contributed by atoms with Crippen LogP contribution in [-0.2, 0) is 0 Å². The van der Waals surface area contributed by atoms with Crippen molar-refractivity contribution in [2.75, 3.05) is 0 Å². The summed E-state index contributed by atoms with van der Waals surface area (Å²) in [5, 5.41) is 8.31. The maximum absolute atomic E-state index is 7.07. The van der Waals surface area contributed by atoms with Crippen LogP contribution < -0.4 is 0 Å². The first-order chi connectivity index (χ1) is 5.41. The Balaban J connectivity index is 2.92. The normalized spacial score (nSPS) is 17.0. The van der Waals surface area contributed by atoms with Crippen LogP contribution >= 0.6 is 11.3 Å². The van der Waals surface area contributed by atoms with E-state index >= 15 is 0 Å². The van der Waals surface area contributed by atoms with Gasteiger partial charge in [0, 0.05) is 10.0 Å². The van der Waals surface area contributed by atoms with Crippen molar-refractivity contribution in [2.45, 2.75) is 26.6 Å². The minimum Gasteiger partial charge on any atom is -0.144 e. The van der Waals surface area contributed by atoms with Gasteiger partial charge in [0.25, 0.3) is 0 Å². The first-order valence-electron chi connectivity index (χ1n) is 4.25. The molecule has 50 valence electrons. The first-order valence-corrected chi connectivity index (χ1v) is 3.57. The smallest absolute Gasteiger partial charge is 0.119 e. The van der Waals surface area contributed by atoms with Crippen LogP contribution in [0.5, 0.6) is 0 Å². The van der Waals surface area contributed by atoms with E-state index in [1.165, 1.54) is 0 Å². The average Bonchev–Trinajstić information content (AvgIpc) is 2.30. The lowest BCUT2D eigenvalue weighted by Crippen LogP contribution is -1.83. The van der Waals surface area contributed by atoms with Gasteiger partial charge in [0.2, 0.25) is 0 Å². The quantitative estimate of drug-likeness (QED) is 0.603. The summed E-state index contributed by atoms with van der Waals surface area (Å²) in [4.78, 5) is 0. The second-order valence-corrected chi connectivity index (χ2v) is 3.11. The summed E-state index contributed by atoms with van der Waals surface area (Å²) in [6, 6.07) is 0. The maximum Gasteiger partial charge on any atom is 0.119 e. The largest absolute Gasteiger partial charge is 0.144 e. The van der Waals surface area contributed by atoms with Gasteiger partial charge in [-0.15, -0.1) is 21.5 Å². The molecule has 3 heteroatoms. The molecule has 0 saturated heterocycles. The molecule has 1 rings (SSSR count). The monoisotopic (exact) mass is 145 g/mol. The van der Waals surface area contributed by atoms with Crippen molar-refractivity contribution in [1.82, 2.24) is 10.2 Å². The van der Waals surface area contributed by atoms with Gasteiger partial charge in [-0.05, 0) is 6.85 Å². The second-order valence-electron chi connectivity index (χ2n) is 2.10. The number of nitrogens with zero attached hydrogens (tertiary/aromatic N) is 2. The highest BCUT2D eigenvalue weighted by atomic mass is 32.1. The summed E-state index contributed by atoms with van der Waals surface area (Å²) in [5.74, 6) is 0.249. The third kappa shape index (κ3) is 1.48. The summed E-state index contributed by atoms with van der Waals surface area (Å²) in [6.07, 6.45) is 0. The van der Waals surface area contributed by atoms with E-state index in [1.54, 1.807) is 0 Å². The van der Waals surface area contributed by atoms with Gasteiger partial charge in [-0.25, -0.2) is 0 Å². The lowest BCUT2D eigenvalue weighted by atomic mass is 10.2. The molecule has 0 aliphatic carbocycles. The molecular formula is C6H10N2S. The fourth-order valence-corrected chi connectivity index (χ4v) is 1.06. The molecule has 1 heterocycles. The fourth-order valence-electron chi connectivity index (χ4n) is 0.468. The van der Waals surface area contributed by atoms with Crippen molar-refractivity contribution in [3.05, 3.63) is 10.0 Å². The summed E-state index contributed by atoms with van der Waals surface area (Å²) in [5.41, 5.74) is 0. The van der Waals surface area contributed by atoms with Gasteiger partial charge < -0.3 is 0 Å². The van der Waals surface area contributed by atoms with Gasteiger partial charge >= 0.3 is 0 Å². The molecule has 9 heavy (non-hydrogen) atoms. The zero-order valence-corrected chi connectivity index (χ0v) is 6.20. The number of aryl methyl sites for hydroxylation is 1. The Morgan fingerprint density at radius 2 is 2.33 bits per heavy atom. The third-order valence-corrected chi connectivity index (χ3v) is 1.97. The van der Waals surface area contributed by atoms with E-state index in [2.05, 4.69) is 10.2 Å². The summed E-state index contributed by atoms with van der Waals surface area (Å²) in [6.45, 7) is 1.82. The SMILES string of the molecule is [2H]C([2H])([2H])c1nnc(C(C)C)s1. The van der Waals surface area contributed by atoms with Crippen molar-refractivity contribution >= 4 is 11.3 Å². The van der Waals surface area contributed by atoms with Crippen molar-refractivity contribution < 1.29 is 4.11 Å². The Labute approximate surface area is 63.2 Å². The molecule has 1 aromatic rings. The zero-order chi connectivity index (χ0) is 9.35. The van der Waals surface area contributed by atoms with E-state index in [1.807, 2.05) is 13.8 Å². The number of hydrogen-bond acceptors (Lipinski definition) is 3. The molecule has 0 N–H and O–H groups in total. The van der Waals surface area contributed by atoms with Crippen molar-refractivity contribution in [2.24, 2.45) is 0 Å². The Bertz CT molecular complexity index is 266. The molecule has 0 aliphatic heterocycles. The van der Waals surface area contributed by atoms with E-state index in [4.69, 9.17) is 4.11 Å². The molecule has 0 fully saturated rings. The van der Waals surface area contributed by atoms with Gasteiger partial charge in [0.15, 0.2) is 0 Å². The third-order valence-electron chi connectivity index (χ3n) is 0.935. The van der Waals surface area contributed by atoms with Gasteiger partial charge in [-0.2, -0.15) is 0 Å². The Kier molecular flexibility index (Phi) is 0.990. The van der Waals surface area contributed by atoms with Gasteiger partial charge in [0.05, 0.1) is 0 Å². The molecule has 0 aromatic carbocycles. The van der Waals surface area contributed by atoms with Crippen LogP contribution in [0, 0.1) is 6.85 Å². The number of aromatic nitrogens is 2. The van der Waals surface area contributed by atoms with Gasteiger partial charge in [0.1, 0.15) is 10.0 Å². The molecule has 0 saturated carbocycles. The standard InChI is InChI=1S/C6H10N2S/c1-4(2)6-8-7-5(3)9-6/h4H,1-3H3/i3D3. The molecule has 0 spiro atoms. The van der Waals surface area contributed by atoms with Crippen LogP contribution in [0.25, 0.3) is 0 Å². The molecular weight excluding hydrogens is 132 g/mol. The van der Waals surface area contributed by atoms with E-state index in [-0.39, 0.29) is 10.9 Å². The molecule has 0 unspecified atom stereocenters. The number of rotatable bonds is 1. The molecule has 1 aromatic heterocycles. The predicted molar refractivity (Wildman–Crippen MR) is 38.7 cm³/mol. The Hall–Kier alpha value is -0.440. The van der Waals surface area contributed by atoms with E-state index in [0.717, 1.165) is 16.3 Å². The van der Waals surface area contributed by atoms with Crippen LogP contribution in [0.15, 0.2) is 0 Å². The minimum absolute atomic E-state index is 0.131. The highest BCUT2D eigenvalue weighted by Gasteiger charge is 2.02. The lowest BCUT2D eigenvalue weighted by molar-refractivity contribution is 0.822.